The number of fused-ring (bicyclic) bond motifs is 1. The Bertz CT molecular complexity index is 957. The second-order valence-electron chi connectivity index (χ2n) is 5.56. The van der Waals surface area contributed by atoms with Gasteiger partial charge in [0.15, 0.2) is 11.2 Å². The maximum atomic E-state index is 11.9. The minimum absolute atomic E-state index is 0.0862. The van der Waals surface area contributed by atoms with Crippen LogP contribution in [0.25, 0.3) is 16.9 Å². The Labute approximate surface area is 159 Å². The predicted octanol–water partition coefficient (Wildman–Crippen LogP) is 1.29. The zero-order chi connectivity index (χ0) is 19.2. The van der Waals surface area contributed by atoms with Crippen molar-refractivity contribution in [1.29, 1.82) is 0 Å². The first kappa shape index (κ1) is 18.8. The number of hydrogen-bond donors (Lipinski definition) is 1. The van der Waals surface area contributed by atoms with Crippen molar-refractivity contribution in [2.75, 3.05) is 18.9 Å². The molecule has 0 aliphatic heterocycles. The van der Waals surface area contributed by atoms with Gasteiger partial charge in [0.05, 0.1) is 18.0 Å². The van der Waals surface area contributed by atoms with Gasteiger partial charge in [0.1, 0.15) is 17.9 Å². The number of amides is 1. The molecule has 10 heteroatoms. The van der Waals surface area contributed by atoms with E-state index in [-0.39, 0.29) is 24.8 Å². The number of thioether (sulfide) groups is 1. The van der Waals surface area contributed by atoms with Crippen LogP contribution < -0.4 is 5.32 Å². The van der Waals surface area contributed by atoms with Crippen LogP contribution in [0.2, 0.25) is 0 Å². The molecule has 0 fully saturated rings. The number of nitrogens with one attached hydrogen (secondary N) is 1. The summed E-state index contributed by atoms with van der Waals surface area (Å²) in [5.74, 6) is -0.685. The molecule has 0 spiro atoms. The van der Waals surface area contributed by atoms with Gasteiger partial charge in [0, 0.05) is 0 Å². The topological polar surface area (TPSA) is 112 Å². The van der Waals surface area contributed by atoms with Crippen LogP contribution in [0.3, 0.4) is 0 Å². The number of carbonyl (C=O) groups excluding carboxylic acids is 2. The normalized spacial score (nSPS) is 10.7. The summed E-state index contributed by atoms with van der Waals surface area (Å²) in [6.07, 6.45) is 1.41. The molecule has 9 nitrogen and oxygen atoms in total. The largest absolute Gasteiger partial charge is 0.465 e. The first-order chi connectivity index (χ1) is 13.1. The van der Waals surface area contributed by atoms with Gasteiger partial charge < -0.3 is 10.1 Å². The zero-order valence-corrected chi connectivity index (χ0v) is 15.7. The smallest absolute Gasteiger partial charge is 0.325 e. The number of ether oxygens (including phenoxy) is 1. The lowest BCUT2D eigenvalue weighted by Crippen LogP contribution is -2.31. The third-order valence-electron chi connectivity index (χ3n) is 3.56. The highest BCUT2D eigenvalue weighted by atomic mass is 32.2. The van der Waals surface area contributed by atoms with Crippen molar-refractivity contribution < 1.29 is 14.3 Å². The van der Waals surface area contributed by atoms with E-state index in [1.807, 2.05) is 31.2 Å². The van der Waals surface area contributed by atoms with Crippen molar-refractivity contribution in [2.45, 2.75) is 18.9 Å². The van der Waals surface area contributed by atoms with Crippen molar-refractivity contribution in [1.82, 2.24) is 30.3 Å². The lowest BCUT2D eigenvalue weighted by Gasteiger charge is -2.05. The molecule has 0 atom stereocenters. The third kappa shape index (κ3) is 4.59. The highest BCUT2D eigenvalue weighted by Gasteiger charge is 2.15. The molecular formula is C17H18N6O3S. The van der Waals surface area contributed by atoms with E-state index in [0.717, 1.165) is 11.3 Å². The van der Waals surface area contributed by atoms with Crippen molar-refractivity contribution in [2.24, 2.45) is 0 Å². The average Bonchev–Trinajstić information content (AvgIpc) is 3.10. The monoisotopic (exact) mass is 386 g/mol. The number of rotatable bonds is 7. The highest BCUT2D eigenvalue weighted by molar-refractivity contribution is 8.00. The molecule has 27 heavy (non-hydrogen) atoms. The van der Waals surface area contributed by atoms with Crippen LogP contribution in [0.5, 0.6) is 0 Å². The Balaban J connectivity index is 1.70. The molecule has 0 radical (unpaired) electrons. The molecule has 0 aliphatic rings. The molecule has 3 rings (SSSR count). The molecule has 2 aromatic heterocycles. The van der Waals surface area contributed by atoms with E-state index in [2.05, 4.69) is 25.6 Å². The van der Waals surface area contributed by atoms with Crippen LogP contribution in [-0.2, 0) is 14.3 Å². The summed E-state index contributed by atoms with van der Waals surface area (Å²) in [7, 11) is 0. The molecule has 3 aromatic rings. The van der Waals surface area contributed by atoms with Gasteiger partial charge >= 0.3 is 5.97 Å². The molecule has 140 valence electrons. The average molecular weight is 386 g/mol. The number of carbonyl (C=O) groups is 2. The number of aromatic nitrogens is 5. The first-order valence-corrected chi connectivity index (χ1v) is 9.25. The second kappa shape index (κ2) is 8.58. The molecular weight excluding hydrogens is 368 g/mol. The van der Waals surface area contributed by atoms with Crippen LogP contribution in [0.15, 0.2) is 35.6 Å². The number of benzene rings is 1. The lowest BCUT2D eigenvalue weighted by atomic mass is 10.2. The number of nitrogens with zero attached hydrogens (tertiary/aromatic N) is 5. The van der Waals surface area contributed by atoms with Gasteiger partial charge in [0.25, 0.3) is 0 Å². The second-order valence-corrected chi connectivity index (χ2v) is 6.52. The summed E-state index contributed by atoms with van der Waals surface area (Å²) in [6.45, 7) is 3.84. The van der Waals surface area contributed by atoms with Gasteiger partial charge in [-0.15, -0.1) is 5.10 Å². The summed E-state index contributed by atoms with van der Waals surface area (Å²) < 4.78 is 6.39. The van der Waals surface area contributed by atoms with Crippen molar-refractivity contribution in [3.05, 3.63) is 36.2 Å². The summed E-state index contributed by atoms with van der Waals surface area (Å²) in [5, 5.41) is 11.4. The van der Waals surface area contributed by atoms with E-state index in [1.54, 1.807) is 11.6 Å². The van der Waals surface area contributed by atoms with Gasteiger partial charge in [0.2, 0.25) is 5.91 Å². The molecule has 0 aliphatic carbocycles. The molecule has 0 saturated heterocycles. The van der Waals surface area contributed by atoms with E-state index >= 15 is 0 Å². The molecule has 0 unspecified atom stereocenters. The zero-order valence-electron chi connectivity index (χ0n) is 14.9. The maximum absolute atomic E-state index is 11.9. The molecule has 2 heterocycles. The summed E-state index contributed by atoms with van der Waals surface area (Å²) in [5.41, 5.74) is 3.05. The highest BCUT2D eigenvalue weighted by Crippen LogP contribution is 2.23. The van der Waals surface area contributed by atoms with E-state index in [1.165, 1.54) is 18.1 Å². The minimum atomic E-state index is -0.471. The molecule has 0 saturated carbocycles. The van der Waals surface area contributed by atoms with E-state index in [9.17, 15) is 9.59 Å². The van der Waals surface area contributed by atoms with Gasteiger partial charge in [-0.05, 0) is 26.0 Å². The Morgan fingerprint density at radius 2 is 2.00 bits per heavy atom. The van der Waals surface area contributed by atoms with Crippen molar-refractivity contribution in [3.8, 4) is 5.69 Å². The lowest BCUT2D eigenvalue weighted by molar-refractivity contribution is -0.143. The van der Waals surface area contributed by atoms with Crippen LogP contribution >= 0.6 is 11.8 Å². The molecule has 0 bridgehead atoms. The van der Waals surface area contributed by atoms with Gasteiger partial charge in [-0.3, -0.25) is 9.59 Å². The fourth-order valence-electron chi connectivity index (χ4n) is 2.26. The first-order valence-electron chi connectivity index (χ1n) is 8.27. The van der Waals surface area contributed by atoms with Crippen molar-refractivity contribution in [3.63, 3.8) is 0 Å². The minimum Gasteiger partial charge on any atom is -0.465 e. The Morgan fingerprint density at radius 1 is 1.22 bits per heavy atom. The van der Waals surface area contributed by atoms with E-state index < -0.39 is 5.97 Å². The van der Waals surface area contributed by atoms with Gasteiger partial charge in [-0.25, -0.2) is 9.97 Å². The fraction of sp³-hybridized carbons (Fsp3) is 0.294. The molecule has 1 N–H and O–H groups in total. The maximum Gasteiger partial charge on any atom is 0.325 e. The molecule has 1 amide bonds. The Hall–Kier alpha value is -3.01. The van der Waals surface area contributed by atoms with Gasteiger partial charge in [-0.2, -0.15) is 4.68 Å². The summed E-state index contributed by atoms with van der Waals surface area (Å²) >= 11 is 1.20. The molecule has 1 aromatic carbocycles. The third-order valence-corrected chi connectivity index (χ3v) is 4.54. The standard InChI is InChI=1S/C17H18N6O3S/c1-3-26-14(25)8-18-13(24)9-27-17-15-16(19-10-20-17)23(22-21-15)12-6-4-11(2)5-7-12/h4-7,10H,3,8-9H2,1-2H3,(H,18,24). The number of esters is 1. The predicted molar refractivity (Wildman–Crippen MR) is 99.6 cm³/mol. The van der Waals surface area contributed by atoms with Gasteiger partial charge in [-0.1, -0.05) is 34.7 Å². The SMILES string of the molecule is CCOC(=O)CNC(=O)CSc1ncnc2c1nnn2-c1ccc(C)cc1. The van der Waals surface area contributed by atoms with Crippen LogP contribution in [0.1, 0.15) is 12.5 Å². The summed E-state index contributed by atoms with van der Waals surface area (Å²) in [6, 6.07) is 7.82. The van der Waals surface area contributed by atoms with Crippen LogP contribution in [0, 0.1) is 6.92 Å². The fourth-order valence-corrected chi connectivity index (χ4v) is 3.02. The summed E-state index contributed by atoms with van der Waals surface area (Å²) in [4.78, 5) is 31.6. The quantitative estimate of drug-likeness (QED) is 0.367. The van der Waals surface area contributed by atoms with E-state index in [0.29, 0.717) is 16.2 Å². The van der Waals surface area contributed by atoms with E-state index in [4.69, 9.17) is 4.74 Å². The van der Waals surface area contributed by atoms with Crippen LogP contribution in [-0.4, -0.2) is 55.7 Å². The number of aryl methyl sites for hydroxylation is 1. The Kier molecular flexibility index (Phi) is 5.97. The Morgan fingerprint density at radius 3 is 2.74 bits per heavy atom. The van der Waals surface area contributed by atoms with Crippen LogP contribution in [0.4, 0.5) is 0 Å². The van der Waals surface area contributed by atoms with Crippen molar-refractivity contribution >= 4 is 34.8 Å². The number of hydrogen-bond acceptors (Lipinski definition) is 8.